The highest BCUT2D eigenvalue weighted by atomic mass is 16.3. The summed E-state index contributed by atoms with van der Waals surface area (Å²) in [5, 5.41) is 9.45. The lowest BCUT2D eigenvalue weighted by Gasteiger charge is -2.41. The van der Waals surface area contributed by atoms with E-state index in [4.69, 9.17) is 4.98 Å². The number of anilines is 1. The Labute approximate surface area is 146 Å². The molecule has 1 atom stereocenters. The topological polar surface area (TPSA) is 52.5 Å². The SMILES string of the molecule is CC(C)=CCN1CCN(c2cc(C)nc(C(C)C)n2)CC1CCO. The van der Waals surface area contributed by atoms with E-state index in [0.717, 1.165) is 49.9 Å². The predicted molar refractivity (Wildman–Crippen MR) is 99.6 cm³/mol. The lowest BCUT2D eigenvalue weighted by molar-refractivity contribution is 0.155. The molecule has 1 aromatic rings. The number of aliphatic hydroxyl groups is 1. The van der Waals surface area contributed by atoms with Gasteiger partial charge in [-0.1, -0.05) is 25.5 Å². The molecule has 0 aromatic carbocycles. The molecule has 1 N–H and O–H groups in total. The number of aryl methyl sites for hydroxylation is 1. The summed E-state index contributed by atoms with van der Waals surface area (Å²) in [7, 11) is 0. The van der Waals surface area contributed by atoms with Crippen LogP contribution in [0.3, 0.4) is 0 Å². The second kappa shape index (κ2) is 8.58. The molecule has 1 aromatic heterocycles. The molecule has 0 aliphatic carbocycles. The van der Waals surface area contributed by atoms with Crippen molar-refractivity contribution in [3.63, 3.8) is 0 Å². The first-order chi connectivity index (χ1) is 11.4. The Morgan fingerprint density at radius 2 is 2.08 bits per heavy atom. The standard InChI is InChI=1S/C19H32N4O/c1-14(2)6-8-22-9-10-23(13-17(22)7-11-24)18-12-16(5)20-19(21-18)15(3)4/h6,12,15,17,24H,7-11,13H2,1-5H3. The zero-order valence-electron chi connectivity index (χ0n) is 15.8. The van der Waals surface area contributed by atoms with Crippen molar-refractivity contribution in [2.45, 2.75) is 53.0 Å². The summed E-state index contributed by atoms with van der Waals surface area (Å²) in [6.45, 7) is 14.6. The Morgan fingerprint density at radius 1 is 1.33 bits per heavy atom. The molecule has 1 aliphatic heterocycles. The number of hydrogen-bond acceptors (Lipinski definition) is 5. The van der Waals surface area contributed by atoms with E-state index < -0.39 is 0 Å². The van der Waals surface area contributed by atoms with Crippen molar-refractivity contribution in [2.24, 2.45) is 0 Å². The minimum Gasteiger partial charge on any atom is -0.396 e. The monoisotopic (exact) mass is 332 g/mol. The zero-order valence-corrected chi connectivity index (χ0v) is 15.8. The van der Waals surface area contributed by atoms with Gasteiger partial charge >= 0.3 is 0 Å². The number of piperazine rings is 1. The summed E-state index contributed by atoms with van der Waals surface area (Å²) in [4.78, 5) is 14.1. The number of aliphatic hydroxyl groups excluding tert-OH is 1. The second-order valence-corrected chi connectivity index (χ2v) is 7.27. The third-order valence-electron chi connectivity index (χ3n) is 4.50. The number of aromatic nitrogens is 2. The summed E-state index contributed by atoms with van der Waals surface area (Å²) in [5.41, 5.74) is 2.36. The highest BCUT2D eigenvalue weighted by molar-refractivity contribution is 5.41. The molecule has 0 bridgehead atoms. The van der Waals surface area contributed by atoms with Gasteiger partial charge in [-0.15, -0.1) is 0 Å². The van der Waals surface area contributed by atoms with Gasteiger partial charge < -0.3 is 10.0 Å². The number of hydrogen-bond donors (Lipinski definition) is 1. The molecule has 1 saturated heterocycles. The van der Waals surface area contributed by atoms with E-state index in [1.54, 1.807) is 0 Å². The van der Waals surface area contributed by atoms with Crippen LogP contribution in [-0.2, 0) is 0 Å². The summed E-state index contributed by atoms with van der Waals surface area (Å²) in [5.74, 6) is 2.27. The number of nitrogens with zero attached hydrogens (tertiary/aromatic N) is 4. The number of allylic oxidation sites excluding steroid dienone is 1. The van der Waals surface area contributed by atoms with Gasteiger partial charge in [0.2, 0.25) is 0 Å². The van der Waals surface area contributed by atoms with E-state index >= 15 is 0 Å². The van der Waals surface area contributed by atoms with Gasteiger partial charge in [0.1, 0.15) is 11.6 Å². The largest absolute Gasteiger partial charge is 0.396 e. The average molecular weight is 332 g/mol. The highest BCUT2D eigenvalue weighted by Gasteiger charge is 2.27. The van der Waals surface area contributed by atoms with Crippen molar-refractivity contribution in [1.82, 2.24) is 14.9 Å². The van der Waals surface area contributed by atoms with Crippen molar-refractivity contribution < 1.29 is 5.11 Å². The van der Waals surface area contributed by atoms with Crippen molar-refractivity contribution >= 4 is 5.82 Å². The summed E-state index contributed by atoms with van der Waals surface area (Å²) >= 11 is 0. The smallest absolute Gasteiger partial charge is 0.133 e. The minimum atomic E-state index is 0.226. The van der Waals surface area contributed by atoms with Gasteiger partial charge in [-0.25, -0.2) is 9.97 Å². The fourth-order valence-electron chi connectivity index (χ4n) is 3.06. The molecule has 134 valence electrons. The van der Waals surface area contributed by atoms with E-state index in [-0.39, 0.29) is 6.61 Å². The van der Waals surface area contributed by atoms with Crippen LogP contribution >= 0.6 is 0 Å². The molecule has 0 radical (unpaired) electrons. The molecule has 2 rings (SSSR count). The van der Waals surface area contributed by atoms with Gasteiger partial charge in [-0.3, -0.25) is 4.90 Å². The Balaban J connectivity index is 2.15. The first-order valence-corrected chi connectivity index (χ1v) is 8.99. The minimum absolute atomic E-state index is 0.226. The summed E-state index contributed by atoms with van der Waals surface area (Å²) in [6, 6.07) is 2.44. The molecule has 0 amide bonds. The number of rotatable bonds is 6. The van der Waals surface area contributed by atoms with Crippen LogP contribution in [0.4, 0.5) is 5.82 Å². The van der Waals surface area contributed by atoms with Gasteiger partial charge in [0, 0.05) is 56.5 Å². The van der Waals surface area contributed by atoms with E-state index in [1.807, 2.05) is 6.92 Å². The normalized spacial score (nSPS) is 19.0. The van der Waals surface area contributed by atoms with Crippen molar-refractivity contribution in [2.75, 3.05) is 37.7 Å². The molecule has 24 heavy (non-hydrogen) atoms. The van der Waals surface area contributed by atoms with Crippen LogP contribution in [0.25, 0.3) is 0 Å². The quantitative estimate of drug-likeness (QED) is 0.812. The Kier molecular flexibility index (Phi) is 6.75. The van der Waals surface area contributed by atoms with Crippen LogP contribution in [-0.4, -0.2) is 58.8 Å². The maximum Gasteiger partial charge on any atom is 0.133 e. The first kappa shape index (κ1) is 18.9. The third kappa shape index (κ3) is 5.02. The van der Waals surface area contributed by atoms with Crippen LogP contribution in [0.2, 0.25) is 0 Å². The molecule has 5 heteroatoms. The van der Waals surface area contributed by atoms with Crippen LogP contribution < -0.4 is 4.90 Å². The zero-order chi connectivity index (χ0) is 17.7. The molecule has 1 fully saturated rings. The lowest BCUT2D eigenvalue weighted by Crippen LogP contribution is -2.53. The molecule has 1 aliphatic rings. The molecule has 1 unspecified atom stereocenters. The Morgan fingerprint density at radius 3 is 2.71 bits per heavy atom. The fraction of sp³-hybridized carbons (Fsp3) is 0.684. The van der Waals surface area contributed by atoms with Crippen molar-refractivity contribution in [1.29, 1.82) is 0 Å². The van der Waals surface area contributed by atoms with E-state index in [1.165, 1.54) is 5.57 Å². The molecule has 5 nitrogen and oxygen atoms in total. The summed E-state index contributed by atoms with van der Waals surface area (Å²) in [6.07, 6.45) is 3.07. The first-order valence-electron chi connectivity index (χ1n) is 8.99. The maximum atomic E-state index is 9.45. The van der Waals surface area contributed by atoms with Crippen LogP contribution in [0.1, 0.15) is 51.6 Å². The van der Waals surface area contributed by atoms with E-state index in [0.29, 0.717) is 12.0 Å². The highest BCUT2D eigenvalue weighted by Crippen LogP contribution is 2.21. The Hall–Kier alpha value is -1.46. The van der Waals surface area contributed by atoms with Gasteiger partial charge in [0.15, 0.2) is 0 Å². The molecule has 2 heterocycles. The average Bonchev–Trinajstić information content (AvgIpc) is 2.53. The van der Waals surface area contributed by atoms with Gasteiger partial charge in [-0.2, -0.15) is 0 Å². The maximum absolute atomic E-state index is 9.45. The Bertz CT molecular complexity index is 566. The third-order valence-corrected chi connectivity index (χ3v) is 4.50. The fourth-order valence-corrected chi connectivity index (χ4v) is 3.06. The van der Waals surface area contributed by atoms with Crippen LogP contribution in [0, 0.1) is 6.92 Å². The predicted octanol–water partition coefficient (Wildman–Crippen LogP) is 2.75. The molecule has 0 saturated carbocycles. The van der Waals surface area contributed by atoms with Crippen molar-refractivity contribution in [3.05, 3.63) is 29.2 Å². The van der Waals surface area contributed by atoms with Crippen LogP contribution in [0.5, 0.6) is 0 Å². The van der Waals surface area contributed by atoms with Crippen molar-refractivity contribution in [3.8, 4) is 0 Å². The molecular weight excluding hydrogens is 300 g/mol. The van der Waals surface area contributed by atoms with Gasteiger partial charge in [0.05, 0.1) is 0 Å². The van der Waals surface area contributed by atoms with Gasteiger partial charge in [-0.05, 0) is 27.2 Å². The van der Waals surface area contributed by atoms with E-state index in [9.17, 15) is 5.11 Å². The summed E-state index contributed by atoms with van der Waals surface area (Å²) < 4.78 is 0. The molecular formula is C19H32N4O. The van der Waals surface area contributed by atoms with Crippen LogP contribution in [0.15, 0.2) is 17.7 Å². The van der Waals surface area contributed by atoms with Gasteiger partial charge in [0.25, 0.3) is 0 Å². The van der Waals surface area contributed by atoms with E-state index in [2.05, 4.69) is 54.6 Å². The lowest BCUT2D eigenvalue weighted by atomic mass is 10.1. The molecule has 0 spiro atoms. The second-order valence-electron chi connectivity index (χ2n) is 7.27.